The Morgan fingerprint density at radius 1 is 1.21 bits per heavy atom. The minimum absolute atomic E-state index is 0.121. The highest BCUT2D eigenvalue weighted by Crippen LogP contribution is 2.55. The number of carbonyl (C=O) groups excluding carboxylic acids is 4. The van der Waals surface area contributed by atoms with Crippen LogP contribution in [0.1, 0.15) is 44.6 Å². The van der Waals surface area contributed by atoms with E-state index in [4.69, 9.17) is 19.9 Å². The van der Waals surface area contributed by atoms with Gasteiger partial charge in [-0.2, -0.15) is 0 Å². The number of unbranched alkanes of at least 4 members (excludes halogenated alkanes) is 1. The number of hydrogen-bond acceptors (Lipinski definition) is 9. The molecule has 9 heteroatoms. The van der Waals surface area contributed by atoms with Crippen LogP contribution in [0.25, 0.3) is 0 Å². The maximum atomic E-state index is 13.6. The lowest BCUT2D eigenvalue weighted by Crippen LogP contribution is -2.51. The van der Waals surface area contributed by atoms with Crippen molar-refractivity contribution in [3.05, 3.63) is 52.6 Å². The predicted octanol–water partition coefficient (Wildman–Crippen LogP) is 1.99. The van der Waals surface area contributed by atoms with Crippen molar-refractivity contribution in [2.75, 3.05) is 25.2 Å². The molecule has 2 heterocycles. The van der Waals surface area contributed by atoms with Gasteiger partial charge in [-0.3, -0.25) is 9.59 Å². The Bertz CT molecular complexity index is 1100. The zero-order chi connectivity index (χ0) is 23.8. The predicted molar refractivity (Wildman–Crippen MR) is 117 cm³/mol. The van der Waals surface area contributed by atoms with Crippen LogP contribution in [0.2, 0.25) is 0 Å². The molecule has 0 amide bonds. The Kier molecular flexibility index (Phi) is 5.97. The molecule has 9 nitrogen and oxygen atoms in total. The quantitative estimate of drug-likeness (QED) is 0.390. The lowest BCUT2D eigenvalue weighted by molar-refractivity contribution is -0.146. The Labute approximate surface area is 191 Å². The van der Waals surface area contributed by atoms with Gasteiger partial charge in [-0.1, -0.05) is 31.5 Å². The molecule has 4 rings (SSSR count). The fourth-order valence-electron chi connectivity index (χ4n) is 4.72. The van der Waals surface area contributed by atoms with Crippen LogP contribution in [0, 0.1) is 0 Å². The van der Waals surface area contributed by atoms with Crippen molar-refractivity contribution in [1.82, 2.24) is 0 Å². The first-order chi connectivity index (χ1) is 15.9. The summed E-state index contributed by atoms with van der Waals surface area (Å²) in [6.45, 7) is 1.77. The van der Waals surface area contributed by atoms with Crippen LogP contribution in [0.4, 0.5) is 5.69 Å². The number of nitrogens with zero attached hydrogens (tertiary/aromatic N) is 1. The van der Waals surface area contributed by atoms with Gasteiger partial charge < -0.3 is 24.8 Å². The summed E-state index contributed by atoms with van der Waals surface area (Å²) >= 11 is 0. The summed E-state index contributed by atoms with van der Waals surface area (Å²) in [6, 6.07) is 6.72. The number of allylic oxidation sites excluding steroid dienone is 1. The van der Waals surface area contributed by atoms with E-state index in [-0.39, 0.29) is 48.1 Å². The SMILES string of the molecule is CCCCOC(=O)C1=C(N)N(CC(=O)OC)c2ccccc2[C@]12C(=O)OC1=C2C(=O)CCC1. The van der Waals surface area contributed by atoms with Gasteiger partial charge in [-0.05, 0) is 18.9 Å². The molecule has 1 aromatic rings. The van der Waals surface area contributed by atoms with Gasteiger partial charge in [-0.25, -0.2) is 9.59 Å². The first kappa shape index (κ1) is 22.6. The van der Waals surface area contributed by atoms with Crippen molar-refractivity contribution in [3.8, 4) is 0 Å². The van der Waals surface area contributed by atoms with E-state index in [0.29, 0.717) is 30.5 Å². The third-order valence-electron chi connectivity index (χ3n) is 6.23. The molecule has 0 fully saturated rings. The maximum absolute atomic E-state index is 13.6. The van der Waals surface area contributed by atoms with E-state index < -0.39 is 23.3 Å². The second kappa shape index (κ2) is 8.73. The fourth-order valence-corrected chi connectivity index (χ4v) is 4.72. The van der Waals surface area contributed by atoms with Gasteiger partial charge in [0, 0.05) is 24.1 Å². The van der Waals surface area contributed by atoms with Crippen molar-refractivity contribution in [2.45, 2.75) is 44.4 Å². The summed E-state index contributed by atoms with van der Waals surface area (Å²) < 4.78 is 15.9. The van der Waals surface area contributed by atoms with Crippen LogP contribution >= 0.6 is 0 Å². The Morgan fingerprint density at radius 2 is 1.97 bits per heavy atom. The molecule has 1 atom stereocenters. The molecule has 2 N–H and O–H groups in total. The van der Waals surface area contributed by atoms with Crippen LogP contribution in [-0.4, -0.2) is 44.0 Å². The van der Waals surface area contributed by atoms with Crippen LogP contribution in [0.5, 0.6) is 0 Å². The van der Waals surface area contributed by atoms with Crippen LogP contribution in [0.3, 0.4) is 0 Å². The number of methoxy groups -OCH3 is 1. The second-order valence-corrected chi connectivity index (χ2v) is 8.14. The molecule has 3 aliphatic rings. The van der Waals surface area contributed by atoms with E-state index in [1.54, 1.807) is 24.3 Å². The van der Waals surface area contributed by atoms with Gasteiger partial charge in [0.15, 0.2) is 11.2 Å². The highest BCUT2D eigenvalue weighted by atomic mass is 16.6. The number of esters is 3. The highest BCUT2D eigenvalue weighted by Gasteiger charge is 2.63. The number of benzene rings is 1. The molecular weight excluding hydrogens is 428 g/mol. The normalized spacial score (nSPS) is 21.7. The molecule has 2 aliphatic heterocycles. The van der Waals surface area contributed by atoms with Gasteiger partial charge in [0.25, 0.3) is 0 Å². The summed E-state index contributed by atoms with van der Waals surface area (Å²) in [5, 5.41) is 0. The van der Waals surface area contributed by atoms with Gasteiger partial charge in [0.05, 0.1) is 19.3 Å². The molecule has 1 aliphatic carbocycles. The smallest absolute Gasteiger partial charge is 0.339 e. The third kappa shape index (κ3) is 3.39. The molecule has 0 aromatic heterocycles. The summed E-state index contributed by atoms with van der Waals surface area (Å²) in [5.74, 6) is -2.34. The lowest BCUT2D eigenvalue weighted by Gasteiger charge is -2.41. The van der Waals surface area contributed by atoms with E-state index in [9.17, 15) is 19.2 Å². The number of anilines is 1. The number of fused-ring (bicyclic) bond motifs is 3. The fraction of sp³-hybridized carbons (Fsp3) is 0.417. The number of ketones is 1. The molecule has 174 valence electrons. The average Bonchev–Trinajstić information content (AvgIpc) is 3.10. The molecule has 0 saturated heterocycles. The van der Waals surface area contributed by atoms with Gasteiger partial charge in [0.1, 0.15) is 23.7 Å². The number of Topliss-reactive ketones (excluding diaryl/α,β-unsaturated/α-hetero) is 1. The van der Waals surface area contributed by atoms with E-state index in [1.165, 1.54) is 12.0 Å². The minimum atomic E-state index is -1.84. The monoisotopic (exact) mass is 454 g/mol. The van der Waals surface area contributed by atoms with Crippen molar-refractivity contribution in [3.63, 3.8) is 0 Å². The third-order valence-corrected chi connectivity index (χ3v) is 6.23. The highest BCUT2D eigenvalue weighted by molar-refractivity contribution is 6.18. The molecule has 0 bridgehead atoms. The van der Waals surface area contributed by atoms with E-state index in [2.05, 4.69) is 0 Å². The molecule has 1 spiro atoms. The van der Waals surface area contributed by atoms with Crippen molar-refractivity contribution in [2.24, 2.45) is 5.73 Å². The summed E-state index contributed by atoms with van der Waals surface area (Å²) in [7, 11) is 1.24. The number of rotatable bonds is 6. The first-order valence-electron chi connectivity index (χ1n) is 11.0. The molecule has 0 radical (unpaired) electrons. The average molecular weight is 454 g/mol. The van der Waals surface area contributed by atoms with Gasteiger partial charge >= 0.3 is 17.9 Å². The van der Waals surface area contributed by atoms with E-state index >= 15 is 0 Å². The zero-order valence-corrected chi connectivity index (χ0v) is 18.6. The van der Waals surface area contributed by atoms with E-state index in [0.717, 1.165) is 6.42 Å². The van der Waals surface area contributed by atoms with Crippen LogP contribution in [-0.2, 0) is 38.8 Å². The Hall–Kier alpha value is -3.62. The number of hydrogen-bond donors (Lipinski definition) is 1. The number of ether oxygens (including phenoxy) is 3. The summed E-state index contributed by atoms with van der Waals surface area (Å²) in [6.07, 6.45) is 2.59. The summed E-state index contributed by atoms with van der Waals surface area (Å²) in [4.78, 5) is 53.7. The van der Waals surface area contributed by atoms with Crippen molar-refractivity contribution >= 4 is 29.4 Å². The van der Waals surface area contributed by atoms with Gasteiger partial charge in [0.2, 0.25) is 0 Å². The number of para-hydroxylation sites is 1. The largest absolute Gasteiger partial charge is 0.468 e. The Balaban J connectivity index is 2.00. The van der Waals surface area contributed by atoms with Gasteiger partial charge in [-0.15, -0.1) is 0 Å². The second-order valence-electron chi connectivity index (χ2n) is 8.14. The minimum Gasteiger partial charge on any atom is -0.468 e. The van der Waals surface area contributed by atoms with E-state index in [1.807, 2.05) is 6.92 Å². The molecule has 0 unspecified atom stereocenters. The van der Waals surface area contributed by atoms with Crippen molar-refractivity contribution in [1.29, 1.82) is 0 Å². The van der Waals surface area contributed by atoms with Crippen LogP contribution in [0.15, 0.2) is 47.0 Å². The Morgan fingerprint density at radius 3 is 2.70 bits per heavy atom. The molecule has 1 aromatic carbocycles. The maximum Gasteiger partial charge on any atom is 0.339 e. The first-order valence-corrected chi connectivity index (χ1v) is 11.0. The number of nitrogens with two attached hydrogens (primary N) is 1. The lowest BCUT2D eigenvalue weighted by atomic mass is 9.64. The summed E-state index contributed by atoms with van der Waals surface area (Å²) in [5.41, 5.74) is 5.33. The molecule has 0 saturated carbocycles. The topological polar surface area (TPSA) is 125 Å². The van der Waals surface area contributed by atoms with Crippen LogP contribution < -0.4 is 10.6 Å². The zero-order valence-electron chi connectivity index (χ0n) is 18.6. The standard InChI is InChI=1S/C24H26N2O7/c1-3-4-12-32-22(29)20-21(25)26(13-18(28)31-2)15-9-6-5-8-14(15)24(20)19-16(27)10-7-11-17(19)33-23(24)30/h5-6,8-9H,3-4,7,10-13,25H2,1-2H3/t24-/m1/s1. The molecule has 33 heavy (non-hydrogen) atoms. The number of carbonyl (C=O) groups is 4. The molecular formula is C24H26N2O7. The van der Waals surface area contributed by atoms with Crippen molar-refractivity contribution < 1.29 is 33.4 Å².